The van der Waals surface area contributed by atoms with Crippen LogP contribution in [0.4, 0.5) is 5.69 Å². The average molecular weight is 375 g/mol. The number of nitrogens with one attached hydrogen (secondary N) is 3. The van der Waals surface area contributed by atoms with Crippen LogP contribution in [-0.4, -0.2) is 33.7 Å². The number of hydrogen-bond donors (Lipinski definition) is 3. The van der Waals surface area contributed by atoms with Gasteiger partial charge in [0.2, 0.25) is 10.0 Å². The van der Waals surface area contributed by atoms with E-state index < -0.39 is 10.0 Å². The van der Waals surface area contributed by atoms with Gasteiger partial charge >= 0.3 is 0 Å². The number of rotatable bonds is 8. The van der Waals surface area contributed by atoms with Gasteiger partial charge < -0.3 is 10.6 Å². The zero-order valence-corrected chi connectivity index (χ0v) is 16.0. The van der Waals surface area contributed by atoms with Gasteiger partial charge in [0.05, 0.1) is 12.8 Å². The van der Waals surface area contributed by atoms with E-state index in [2.05, 4.69) is 51.5 Å². The zero-order chi connectivity index (χ0) is 18.8. The Labute approximate surface area is 155 Å². The average Bonchev–Trinajstić information content (AvgIpc) is 2.60. The predicted molar refractivity (Wildman–Crippen MR) is 108 cm³/mol. The highest BCUT2D eigenvalue weighted by atomic mass is 32.2. The Morgan fingerprint density at radius 2 is 1.69 bits per heavy atom. The number of benzene rings is 2. The van der Waals surface area contributed by atoms with Crippen LogP contribution in [0.2, 0.25) is 0 Å². The highest BCUT2D eigenvalue weighted by molar-refractivity contribution is 7.88. The van der Waals surface area contributed by atoms with Crippen molar-refractivity contribution in [3.05, 3.63) is 65.7 Å². The van der Waals surface area contributed by atoms with Crippen LogP contribution in [-0.2, 0) is 16.6 Å². The molecule has 0 amide bonds. The Bertz CT molecular complexity index is 803. The van der Waals surface area contributed by atoms with Gasteiger partial charge in [-0.25, -0.2) is 18.1 Å². The van der Waals surface area contributed by atoms with Crippen molar-refractivity contribution in [3.63, 3.8) is 0 Å². The number of para-hydroxylation sites is 1. The molecule has 0 aliphatic carbocycles. The monoisotopic (exact) mass is 374 g/mol. The highest BCUT2D eigenvalue weighted by Gasteiger charge is 2.02. The van der Waals surface area contributed by atoms with Gasteiger partial charge in [0, 0.05) is 18.8 Å². The molecule has 2 aromatic carbocycles. The molecule has 6 nitrogen and oxygen atoms in total. The molecule has 3 N–H and O–H groups in total. The minimum Gasteiger partial charge on any atom is -0.356 e. The molecular weight excluding hydrogens is 348 g/mol. The van der Waals surface area contributed by atoms with Crippen molar-refractivity contribution in [3.8, 4) is 0 Å². The van der Waals surface area contributed by atoms with Crippen molar-refractivity contribution in [2.24, 2.45) is 4.99 Å². The first-order valence-electron chi connectivity index (χ1n) is 8.53. The first-order chi connectivity index (χ1) is 12.4. The van der Waals surface area contributed by atoms with Crippen molar-refractivity contribution in [1.82, 2.24) is 10.0 Å². The summed E-state index contributed by atoms with van der Waals surface area (Å²) in [5.74, 6) is 0.663. The lowest BCUT2D eigenvalue weighted by molar-refractivity contribution is 0.584. The minimum absolute atomic E-state index is 0.391. The van der Waals surface area contributed by atoms with Crippen LogP contribution >= 0.6 is 0 Å². The number of hydrogen-bond acceptors (Lipinski definition) is 3. The number of guanidine groups is 1. The topological polar surface area (TPSA) is 82.6 Å². The highest BCUT2D eigenvalue weighted by Crippen LogP contribution is 2.07. The summed E-state index contributed by atoms with van der Waals surface area (Å²) in [4.78, 5) is 4.62. The maximum absolute atomic E-state index is 11.1. The van der Waals surface area contributed by atoms with Crippen LogP contribution in [0.15, 0.2) is 59.6 Å². The molecule has 0 saturated carbocycles. The molecule has 0 bridgehead atoms. The number of sulfonamides is 1. The van der Waals surface area contributed by atoms with Crippen LogP contribution in [0.1, 0.15) is 17.5 Å². The molecular formula is C19H26N4O2S. The fourth-order valence-corrected chi connectivity index (χ4v) is 2.73. The Morgan fingerprint density at radius 3 is 2.35 bits per heavy atom. The number of nitrogens with zero attached hydrogens (tertiary/aromatic N) is 1. The van der Waals surface area contributed by atoms with Gasteiger partial charge in [-0.1, -0.05) is 48.0 Å². The minimum atomic E-state index is -3.15. The van der Waals surface area contributed by atoms with Crippen molar-refractivity contribution >= 4 is 21.7 Å². The van der Waals surface area contributed by atoms with Crippen LogP contribution in [0.5, 0.6) is 0 Å². The summed E-state index contributed by atoms with van der Waals surface area (Å²) in [6.07, 6.45) is 1.82. The van der Waals surface area contributed by atoms with Crippen LogP contribution < -0.4 is 15.4 Å². The summed E-state index contributed by atoms with van der Waals surface area (Å²) >= 11 is 0. The van der Waals surface area contributed by atoms with Gasteiger partial charge in [-0.15, -0.1) is 0 Å². The number of anilines is 1. The third-order valence-electron chi connectivity index (χ3n) is 3.59. The third kappa shape index (κ3) is 8.13. The van der Waals surface area contributed by atoms with E-state index in [0.29, 0.717) is 32.0 Å². The second-order valence-corrected chi connectivity index (χ2v) is 7.92. The molecule has 2 rings (SSSR count). The lowest BCUT2D eigenvalue weighted by Crippen LogP contribution is -2.33. The lowest BCUT2D eigenvalue weighted by atomic mass is 10.1. The Kier molecular flexibility index (Phi) is 7.62. The Hall–Kier alpha value is -2.38. The summed E-state index contributed by atoms with van der Waals surface area (Å²) in [5, 5.41) is 6.51. The maximum atomic E-state index is 11.1. The molecule has 0 spiro atoms. The van der Waals surface area contributed by atoms with Crippen LogP contribution in [0.3, 0.4) is 0 Å². The number of aliphatic imine (C=N–C) groups is 1. The second kappa shape index (κ2) is 9.94. The van der Waals surface area contributed by atoms with E-state index in [-0.39, 0.29) is 0 Å². The first-order valence-corrected chi connectivity index (χ1v) is 10.4. The predicted octanol–water partition coefficient (Wildman–Crippen LogP) is 2.49. The second-order valence-electron chi connectivity index (χ2n) is 6.09. The smallest absolute Gasteiger partial charge is 0.208 e. The molecule has 140 valence electrons. The fourth-order valence-electron chi connectivity index (χ4n) is 2.21. The molecule has 0 radical (unpaired) electrons. The first kappa shape index (κ1) is 19.9. The van der Waals surface area contributed by atoms with E-state index in [1.165, 1.54) is 5.56 Å². The largest absolute Gasteiger partial charge is 0.356 e. The molecule has 0 aliphatic rings. The normalized spacial score (nSPS) is 12.0. The van der Waals surface area contributed by atoms with Crippen molar-refractivity contribution in [2.75, 3.05) is 24.7 Å². The van der Waals surface area contributed by atoms with Gasteiger partial charge in [-0.05, 0) is 31.0 Å². The van der Waals surface area contributed by atoms with Gasteiger partial charge in [0.15, 0.2) is 5.96 Å². The van der Waals surface area contributed by atoms with Crippen molar-refractivity contribution in [2.45, 2.75) is 19.9 Å². The summed E-state index contributed by atoms with van der Waals surface area (Å²) < 4.78 is 24.7. The Balaban J connectivity index is 1.94. The van der Waals surface area contributed by atoms with Gasteiger partial charge in [0.1, 0.15) is 0 Å². The molecule has 0 unspecified atom stereocenters. The fraction of sp³-hybridized carbons (Fsp3) is 0.316. The summed E-state index contributed by atoms with van der Waals surface area (Å²) in [6.45, 7) is 3.61. The number of aryl methyl sites for hydroxylation is 1. The van der Waals surface area contributed by atoms with Gasteiger partial charge in [-0.2, -0.15) is 0 Å². The van der Waals surface area contributed by atoms with E-state index in [4.69, 9.17) is 0 Å². The molecule has 0 saturated heterocycles. The zero-order valence-electron chi connectivity index (χ0n) is 15.2. The third-order valence-corrected chi connectivity index (χ3v) is 4.32. The van der Waals surface area contributed by atoms with E-state index in [1.54, 1.807) is 0 Å². The van der Waals surface area contributed by atoms with Crippen molar-refractivity contribution < 1.29 is 8.42 Å². The lowest BCUT2D eigenvalue weighted by Gasteiger charge is -2.13. The van der Waals surface area contributed by atoms with E-state index in [1.807, 2.05) is 30.3 Å². The Morgan fingerprint density at radius 1 is 1.00 bits per heavy atom. The van der Waals surface area contributed by atoms with Gasteiger partial charge in [0.25, 0.3) is 0 Å². The maximum Gasteiger partial charge on any atom is 0.208 e. The summed E-state index contributed by atoms with van der Waals surface area (Å²) in [6, 6.07) is 18.1. The van der Waals surface area contributed by atoms with Gasteiger partial charge in [-0.3, -0.25) is 0 Å². The van der Waals surface area contributed by atoms with Crippen LogP contribution in [0, 0.1) is 6.92 Å². The molecule has 7 heteroatoms. The summed E-state index contributed by atoms with van der Waals surface area (Å²) in [7, 11) is -3.15. The molecule has 2 aromatic rings. The molecule has 26 heavy (non-hydrogen) atoms. The quantitative estimate of drug-likeness (QED) is 0.377. The van der Waals surface area contributed by atoms with E-state index in [0.717, 1.165) is 17.5 Å². The van der Waals surface area contributed by atoms with E-state index >= 15 is 0 Å². The molecule has 0 heterocycles. The molecule has 0 aromatic heterocycles. The van der Waals surface area contributed by atoms with E-state index in [9.17, 15) is 8.42 Å². The molecule has 0 aliphatic heterocycles. The summed E-state index contributed by atoms with van der Waals surface area (Å²) in [5.41, 5.74) is 3.29. The molecule has 0 atom stereocenters. The SMILES string of the molecule is Cc1ccc(CN=C(NCCCNS(C)(=O)=O)Nc2ccccc2)cc1. The van der Waals surface area contributed by atoms with Crippen molar-refractivity contribution in [1.29, 1.82) is 0 Å². The standard InChI is InChI=1S/C19H26N4O2S/c1-16-9-11-17(12-10-16)15-21-19(23-18-7-4-3-5-8-18)20-13-6-14-22-26(2,24)25/h3-5,7-12,22H,6,13-15H2,1-2H3,(H2,20,21,23). The molecule has 0 fully saturated rings. The van der Waals surface area contributed by atoms with Crippen LogP contribution in [0.25, 0.3) is 0 Å².